The molecule has 1 N–H and O–H groups in total. The van der Waals surface area contributed by atoms with Crippen molar-refractivity contribution in [1.29, 1.82) is 5.26 Å². The quantitative estimate of drug-likeness (QED) is 0.486. The number of ether oxygens (including phenoxy) is 3. The summed E-state index contributed by atoms with van der Waals surface area (Å²) in [6.45, 7) is 4.85. The molecular formula is C22H23ClN2O4. The Balaban J connectivity index is 2.18. The van der Waals surface area contributed by atoms with E-state index in [0.29, 0.717) is 35.3 Å². The van der Waals surface area contributed by atoms with Crippen LogP contribution < -0.4 is 19.5 Å². The Bertz CT molecular complexity index is 918. The molecule has 2 aromatic rings. The summed E-state index contributed by atoms with van der Waals surface area (Å²) in [5.74, 6) is 1.15. The lowest BCUT2D eigenvalue weighted by atomic mass is 10.1. The van der Waals surface area contributed by atoms with Gasteiger partial charge in [-0.25, -0.2) is 0 Å². The Morgan fingerprint density at radius 2 is 1.86 bits per heavy atom. The van der Waals surface area contributed by atoms with Gasteiger partial charge in [0.1, 0.15) is 17.4 Å². The van der Waals surface area contributed by atoms with Crippen LogP contribution in [0.4, 0.5) is 0 Å². The highest BCUT2D eigenvalue weighted by molar-refractivity contribution is 6.32. The monoisotopic (exact) mass is 414 g/mol. The molecule has 1 amide bonds. The first-order chi connectivity index (χ1) is 14.0. The number of carbonyl (C=O) groups excluding carboxylic acids is 1. The maximum absolute atomic E-state index is 12.4. The van der Waals surface area contributed by atoms with Crippen LogP contribution in [0.1, 0.15) is 25.0 Å². The molecule has 2 rings (SSSR count). The van der Waals surface area contributed by atoms with Crippen molar-refractivity contribution in [3.63, 3.8) is 0 Å². The van der Waals surface area contributed by atoms with Gasteiger partial charge in [-0.05, 0) is 55.3 Å². The fraction of sp³-hybridized carbons (Fsp3) is 0.273. The second-order valence-corrected chi connectivity index (χ2v) is 6.30. The van der Waals surface area contributed by atoms with E-state index in [1.165, 1.54) is 6.08 Å². The first kappa shape index (κ1) is 22.1. The summed E-state index contributed by atoms with van der Waals surface area (Å²) in [5.41, 5.74) is 1.42. The van der Waals surface area contributed by atoms with Crippen molar-refractivity contribution in [2.45, 2.75) is 20.4 Å². The fourth-order valence-corrected chi connectivity index (χ4v) is 2.83. The molecule has 0 aliphatic heterocycles. The molecule has 0 aromatic heterocycles. The van der Waals surface area contributed by atoms with Crippen LogP contribution in [0.2, 0.25) is 5.02 Å². The van der Waals surface area contributed by atoms with Gasteiger partial charge >= 0.3 is 0 Å². The van der Waals surface area contributed by atoms with E-state index in [4.69, 9.17) is 25.8 Å². The van der Waals surface area contributed by atoms with Crippen molar-refractivity contribution < 1.29 is 19.0 Å². The molecule has 0 saturated heterocycles. The normalized spacial score (nSPS) is 10.8. The Morgan fingerprint density at radius 1 is 1.17 bits per heavy atom. The SMILES string of the molecule is CCOc1cc(/C=C(/C#N)C(=O)NCc2ccc(OC)cc2)cc(Cl)c1OCC. The van der Waals surface area contributed by atoms with E-state index in [2.05, 4.69) is 5.32 Å². The topological polar surface area (TPSA) is 80.6 Å². The number of halogens is 1. The summed E-state index contributed by atoms with van der Waals surface area (Å²) in [6, 6.07) is 12.5. The van der Waals surface area contributed by atoms with E-state index in [1.807, 2.05) is 32.0 Å². The van der Waals surface area contributed by atoms with Crippen LogP contribution in [0.3, 0.4) is 0 Å². The van der Waals surface area contributed by atoms with Crippen molar-refractivity contribution in [2.24, 2.45) is 0 Å². The Kier molecular flexibility index (Phi) is 8.38. The number of amides is 1. The molecule has 0 unspecified atom stereocenters. The van der Waals surface area contributed by atoms with Crippen LogP contribution in [-0.4, -0.2) is 26.2 Å². The van der Waals surface area contributed by atoms with Gasteiger partial charge in [0, 0.05) is 6.54 Å². The molecule has 0 atom stereocenters. The minimum Gasteiger partial charge on any atom is -0.497 e. The number of methoxy groups -OCH3 is 1. The predicted molar refractivity (Wildman–Crippen MR) is 112 cm³/mol. The second-order valence-electron chi connectivity index (χ2n) is 5.90. The summed E-state index contributed by atoms with van der Waals surface area (Å²) >= 11 is 6.29. The van der Waals surface area contributed by atoms with Crippen LogP contribution in [0.5, 0.6) is 17.2 Å². The van der Waals surface area contributed by atoms with E-state index in [1.54, 1.807) is 31.4 Å². The first-order valence-corrected chi connectivity index (χ1v) is 9.52. The van der Waals surface area contributed by atoms with Crippen LogP contribution in [0.15, 0.2) is 42.0 Å². The van der Waals surface area contributed by atoms with E-state index < -0.39 is 5.91 Å². The minimum atomic E-state index is -0.480. The van der Waals surface area contributed by atoms with E-state index in [9.17, 15) is 10.1 Å². The molecule has 0 aliphatic carbocycles. The zero-order valence-electron chi connectivity index (χ0n) is 16.6. The highest BCUT2D eigenvalue weighted by Gasteiger charge is 2.14. The van der Waals surface area contributed by atoms with Crippen LogP contribution in [-0.2, 0) is 11.3 Å². The molecule has 0 aliphatic rings. The van der Waals surface area contributed by atoms with Crippen molar-refractivity contribution in [3.05, 3.63) is 58.1 Å². The zero-order chi connectivity index (χ0) is 21.2. The lowest BCUT2D eigenvalue weighted by Crippen LogP contribution is -2.23. The van der Waals surface area contributed by atoms with E-state index in [-0.39, 0.29) is 12.1 Å². The van der Waals surface area contributed by atoms with Gasteiger partial charge in [-0.2, -0.15) is 5.26 Å². The lowest BCUT2D eigenvalue weighted by molar-refractivity contribution is -0.117. The molecule has 6 nitrogen and oxygen atoms in total. The number of hydrogen-bond acceptors (Lipinski definition) is 5. The maximum atomic E-state index is 12.4. The number of rotatable bonds is 9. The fourth-order valence-electron chi connectivity index (χ4n) is 2.55. The van der Waals surface area contributed by atoms with Crippen molar-refractivity contribution in [3.8, 4) is 23.3 Å². The molecule has 0 heterocycles. The highest BCUT2D eigenvalue weighted by atomic mass is 35.5. The van der Waals surface area contributed by atoms with E-state index >= 15 is 0 Å². The van der Waals surface area contributed by atoms with Gasteiger partial charge in [-0.15, -0.1) is 0 Å². The number of benzene rings is 2. The van der Waals surface area contributed by atoms with Crippen molar-refractivity contribution in [1.82, 2.24) is 5.32 Å². The number of hydrogen-bond donors (Lipinski definition) is 1. The average molecular weight is 415 g/mol. The van der Waals surface area contributed by atoms with Gasteiger partial charge in [0.05, 0.1) is 25.3 Å². The maximum Gasteiger partial charge on any atom is 0.262 e. The largest absolute Gasteiger partial charge is 0.497 e. The number of nitrogens with zero attached hydrogens (tertiary/aromatic N) is 1. The zero-order valence-corrected chi connectivity index (χ0v) is 17.4. The smallest absolute Gasteiger partial charge is 0.262 e. The van der Waals surface area contributed by atoms with Crippen molar-refractivity contribution >= 4 is 23.6 Å². The second kappa shape index (κ2) is 11.0. The third-order valence-electron chi connectivity index (χ3n) is 3.91. The summed E-state index contributed by atoms with van der Waals surface area (Å²) in [6.07, 6.45) is 1.47. The standard InChI is InChI=1S/C22H23ClN2O4/c1-4-28-20-12-16(11-19(23)21(20)29-5-2)10-17(13-24)22(26)25-14-15-6-8-18(27-3)9-7-15/h6-12H,4-5,14H2,1-3H3,(H,25,26)/b17-10-. The average Bonchev–Trinajstić information content (AvgIpc) is 2.73. The third-order valence-corrected chi connectivity index (χ3v) is 4.19. The van der Waals surface area contributed by atoms with Gasteiger partial charge in [-0.3, -0.25) is 4.79 Å². The molecule has 0 fully saturated rings. The van der Waals surface area contributed by atoms with Crippen LogP contribution in [0.25, 0.3) is 6.08 Å². The van der Waals surface area contributed by atoms with Gasteiger partial charge in [0.2, 0.25) is 0 Å². The molecule has 152 valence electrons. The molecular weight excluding hydrogens is 392 g/mol. The molecule has 29 heavy (non-hydrogen) atoms. The van der Waals surface area contributed by atoms with Gasteiger partial charge in [0.15, 0.2) is 11.5 Å². The Labute approximate surface area is 175 Å². The lowest BCUT2D eigenvalue weighted by Gasteiger charge is -2.13. The Hall–Kier alpha value is -3.17. The van der Waals surface area contributed by atoms with Crippen LogP contribution >= 0.6 is 11.6 Å². The summed E-state index contributed by atoms with van der Waals surface area (Å²) < 4.78 is 16.2. The van der Waals surface area contributed by atoms with Gasteiger partial charge in [-0.1, -0.05) is 23.7 Å². The van der Waals surface area contributed by atoms with Crippen molar-refractivity contribution in [2.75, 3.05) is 20.3 Å². The molecule has 0 saturated carbocycles. The molecule has 0 bridgehead atoms. The summed E-state index contributed by atoms with van der Waals surface area (Å²) in [7, 11) is 1.59. The molecule has 0 spiro atoms. The van der Waals surface area contributed by atoms with Crippen LogP contribution in [0, 0.1) is 11.3 Å². The number of nitrogens with one attached hydrogen (secondary N) is 1. The van der Waals surface area contributed by atoms with E-state index in [0.717, 1.165) is 11.3 Å². The van der Waals surface area contributed by atoms with Gasteiger partial charge < -0.3 is 19.5 Å². The molecule has 7 heteroatoms. The summed E-state index contributed by atoms with van der Waals surface area (Å²) in [4.78, 5) is 12.4. The first-order valence-electron chi connectivity index (χ1n) is 9.14. The highest BCUT2D eigenvalue weighted by Crippen LogP contribution is 2.37. The third kappa shape index (κ3) is 6.16. The number of nitriles is 1. The molecule has 0 radical (unpaired) electrons. The summed E-state index contributed by atoms with van der Waals surface area (Å²) in [5, 5.41) is 12.5. The predicted octanol–water partition coefficient (Wildman–Crippen LogP) is 4.37. The minimum absolute atomic E-state index is 0.0406. The Morgan fingerprint density at radius 3 is 2.45 bits per heavy atom. The van der Waals surface area contributed by atoms with Gasteiger partial charge in [0.25, 0.3) is 5.91 Å². The molecule has 2 aromatic carbocycles. The number of carbonyl (C=O) groups is 1.